The van der Waals surface area contributed by atoms with Crippen LogP contribution in [-0.2, 0) is 13.6 Å². The Kier molecular flexibility index (Phi) is 3.52. The Morgan fingerprint density at radius 2 is 2.06 bits per heavy atom. The molecule has 0 bridgehead atoms. The smallest absolute Gasteiger partial charge is 0.160 e. The Labute approximate surface area is 108 Å². The number of aryl methyl sites for hydroxylation is 2. The Balaban J connectivity index is 2.14. The van der Waals surface area contributed by atoms with Crippen LogP contribution in [0.5, 0.6) is 0 Å². The normalized spacial score (nSPS) is 10.7. The van der Waals surface area contributed by atoms with E-state index >= 15 is 0 Å². The summed E-state index contributed by atoms with van der Waals surface area (Å²) < 4.78 is 27.4. The molecule has 1 N–H and O–H groups in total. The molecule has 0 aliphatic rings. The average Bonchev–Trinajstić information content (AvgIpc) is 2.56. The molecule has 0 saturated heterocycles. The van der Waals surface area contributed by atoms with Crippen LogP contribution in [0.15, 0.2) is 18.2 Å². The van der Waals surface area contributed by atoms with Gasteiger partial charge in [-0.15, -0.1) is 0 Å². The molecule has 18 heavy (non-hydrogen) atoms. The van der Waals surface area contributed by atoms with E-state index in [-0.39, 0.29) is 0 Å². The summed E-state index contributed by atoms with van der Waals surface area (Å²) in [6.07, 6.45) is 0. The lowest BCUT2D eigenvalue weighted by Crippen LogP contribution is -2.06. The molecule has 2 rings (SSSR count). The topological polar surface area (TPSA) is 29.9 Å². The lowest BCUT2D eigenvalue weighted by Gasteiger charge is -2.07. The number of nitrogens with zero attached hydrogens (tertiary/aromatic N) is 2. The van der Waals surface area contributed by atoms with Crippen molar-refractivity contribution >= 4 is 17.3 Å². The van der Waals surface area contributed by atoms with E-state index in [1.54, 1.807) is 11.7 Å². The zero-order valence-electron chi connectivity index (χ0n) is 9.97. The zero-order chi connectivity index (χ0) is 13.3. The van der Waals surface area contributed by atoms with Crippen LogP contribution in [-0.4, -0.2) is 9.78 Å². The van der Waals surface area contributed by atoms with Crippen LogP contribution in [0.1, 0.15) is 11.4 Å². The molecule has 1 heterocycles. The van der Waals surface area contributed by atoms with Gasteiger partial charge in [-0.05, 0) is 19.1 Å². The molecule has 6 heteroatoms. The highest BCUT2D eigenvalue weighted by Crippen LogP contribution is 2.21. The van der Waals surface area contributed by atoms with E-state index < -0.39 is 11.6 Å². The number of rotatable bonds is 3. The van der Waals surface area contributed by atoms with Crippen LogP contribution in [0.25, 0.3) is 0 Å². The van der Waals surface area contributed by atoms with Crippen LogP contribution in [0.4, 0.5) is 14.5 Å². The molecule has 2 aromatic rings. The predicted octanol–water partition coefficient (Wildman–Crippen LogP) is 3.27. The largest absolute Gasteiger partial charge is 0.379 e. The van der Waals surface area contributed by atoms with Gasteiger partial charge in [-0.1, -0.05) is 11.6 Å². The van der Waals surface area contributed by atoms with Crippen LogP contribution >= 0.6 is 11.6 Å². The predicted molar refractivity (Wildman–Crippen MR) is 66.6 cm³/mol. The fraction of sp³-hybridized carbons (Fsp3) is 0.250. The van der Waals surface area contributed by atoms with Gasteiger partial charge < -0.3 is 5.32 Å². The summed E-state index contributed by atoms with van der Waals surface area (Å²) in [4.78, 5) is 0. The van der Waals surface area contributed by atoms with E-state index in [0.717, 1.165) is 23.5 Å². The molecule has 0 amide bonds. The quantitative estimate of drug-likeness (QED) is 0.928. The number of aromatic nitrogens is 2. The lowest BCUT2D eigenvalue weighted by atomic mass is 10.3. The first kappa shape index (κ1) is 12.8. The number of nitrogens with one attached hydrogen (secondary N) is 1. The van der Waals surface area contributed by atoms with Crippen molar-refractivity contribution in [2.45, 2.75) is 13.5 Å². The van der Waals surface area contributed by atoms with Gasteiger partial charge >= 0.3 is 0 Å². The summed E-state index contributed by atoms with van der Waals surface area (Å²) in [6, 6.07) is 3.65. The van der Waals surface area contributed by atoms with E-state index in [9.17, 15) is 8.78 Å². The molecule has 0 aliphatic carbocycles. The van der Waals surface area contributed by atoms with Gasteiger partial charge in [0.25, 0.3) is 0 Å². The fourth-order valence-electron chi connectivity index (χ4n) is 1.66. The standard InChI is InChI=1S/C12H12ClF2N3/c1-7-12(13)11(18(2)17-7)6-16-8-3-4-9(14)10(15)5-8/h3-5,16H,6H2,1-2H3. The van der Waals surface area contributed by atoms with Crippen LogP contribution < -0.4 is 5.32 Å². The van der Waals surface area contributed by atoms with Gasteiger partial charge in [-0.25, -0.2) is 8.78 Å². The van der Waals surface area contributed by atoms with Gasteiger partial charge in [-0.2, -0.15) is 5.10 Å². The monoisotopic (exact) mass is 271 g/mol. The molecule has 0 aliphatic heterocycles. The summed E-state index contributed by atoms with van der Waals surface area (Å²) >= 11 is 6.08. The van der Waals surface area contributed by atoms with Gasteiger partial charge in [0.15, 0.2) is 11.6 Å². The third-order valence-electron chi connectivity index (χ3n) is 2.64. The highest BCUT2D eigenvalue weighted by Gasteiger charge is 2.11. The number of halogens is 3. The highest BCUT2D eigenvalue weighted by atomic mass is 35.5. The van der Waals surface area contributed by atoms with Crippen molar-refractivity contribution in [3.8, 4) is 0 Å². The number of benzene rings is 1. The van der Waals surface area contributed by atoms with Gasteiger partial charge in [0.1, 0.15) is 0 Å². The first-order chi connectivity index (χ1) is 8.49. The van der Waals surface area contributed by atoms with Crippen molar-refractivity contribution in [3.63, 3.8) is 0 Å². The molecule has 0 unspecified atom stereocenters. The summed E-state index contributed by atoms with van der Waals surface area (Å²) in [5.74, 6) is -1.75. The van der Waals surface area contributed by atoms with E-state index in [4.69, 9.17) is 11.6 Å². The molecular weight excluding hydrogens is 260 g/mol. The fourth-order valence-corrected chi connectivity index (χ4v) is 1.89. The van der Waals surface area contributed by atoms with E-state index in [2.05, 4.69) is 10.4 Å². The number of hydrogen-bond donors (Lipinski definition) is 1. The van der Waals surface area contributed by atoms with Crippen LogP contribution in [0.3, 0.4) is 0 Å². The van der Waals surface area contributed by atoms with Crippen molar-refractivity contribution in [1.29, 1.82) is 0 Å². The van der Waals surface area contributed by atoms with E-state index in [1.165, 1.54) is 6.07 Å². The molecule has 0 radical (unpaired) electrons. The zero-order valence-corrected chi connectivity index (χ0v) is 10.7. The maximum atomic E-state index is 13.0. The second kappa shape index (κ2) is 4.94. The third-order valence-corrected chi connectivity index (χ3v) is 3.13. The number of anilines is 1. The summed E-state index contributed by atoms with van der Waals surface area (Å²) in [7, 11) is 1.78. The first-order valence-electron chi connectivity index (χ1n) is 5.36. The maximum Gasteiger partial charge on any atom is 0.160 e. The van der Waals surface area contributed by atoms with E-state index in [0.29, 0.717) is 17.3 Å². The summed E-state index contributed by atoms with van der Waals surface area (Å²) in [5, 5.41) is 7.71. The van der Waals surface area contributed by atoms with Crippen LogP contribution in [0, 0.1) is 18.6 Å². The van der Waals surface area contributed by atoms with Crippen molar-refractivity contribution in [1.82, 2.24) is 9.78 Å². The van der Waals surface area contributed by atoms with E-state index in [1.807, 2.05) is 6.92 Å². The Bertz CT molecular complexity index is 581. The summed E-state index contributed by atoms with van der Waals surface area (Å²) in [5.41, 5.74) is 2.02. The number of hydrogen-bond acceptors (Lipinski definition) is 2. The minimum atomic E-state index is -0.882. The molecular formula is C12H12ClF2N3. The minimum absolute atomic E-state index is 0.390. The van der Waals surface area contributed by atoms with Gasteiger partial charge in [0.2, 0.25) is 0 Å². The van der Waals surface area contributed by atoms with Crippen molar-refractivity contribution in [3.05, 3.63) is 46.2 Å². The Morgan fingerprint density at radius 3 is 2.61 bits per heavy atom. The molecule has 96 valence electrons. The van der Waals surface area contributed by atoms with Crippen LogP contribution in [0.2, 0.25) is 5.02 Å². The molecule has 1 aromatic carbocycles. The first-order valence-corrected chi connectivity index (χ1v) is 5.73. The second-order valence-corrected chi connectivity index (χ2v) is 4.33. The van der Waals surface area contributed by atoms with Crippen molar-refractivity contribution in [2.24, 2.45) is 7.05 Å². The molecule has 0 fully saturated rings. The molecule has 0 saturated carbocycles. The molecule has 1 aromatic heterocycles. The Hall–Kier alpha value is -1.62. The third kappa shape index (κ3) is 2.46. The van der Waals surface area contributed by atoms with Gasteiger partial charge in [-0.3, -0.25) is 4.68 Å². The SMILES string of the molecule is Cc1nn(C)c(CNc2ccc(F)c(F)c2)c1Cl. The highest BCUT2D eigenvalue weighted by molar-refractivity contribution is 6.31. The lowest BCUT2D eigenvalue weighted by molar-refractivity contribution is 0.509. The second-order valence-electron chi connectivity index (χ2n) is 3.95. The van der Waals surface area contributed by atoms with Crippen molar-refractivity contribution < 1.29 is 8.78 Å². The summed E-state index contributed by atoms with van der Waals surface area (Å²) in [6.45, 7) is 2.20. The molecule has 3 nitrogen and oxygen atoms in total. The maximum absolute atomic E-state index is 13.0. The van der Waals surface area contributed by atoms with Gasteiger partial charge in [0.05, 0.1) is 23.0 Å². The van der Waals surface area contributed by atoms with Gasteiger partial charge in [0, 0.05) is 18.8 Å². The molecule has 0 atom stereocenters. The minimum Gasteiger partial charge on any atom is -0.379 e. The average molecular weight is 272 g/mol. The Morgan fingerprint density at radius 1 is 1.33 bits per heavy atom. The molecule has 0 spiro atoms. The van der Waals surface area contributed by atoms with Crippen molar-refractivity contribution in [2.75, 3.05) is 5.32 Å².